The number of hydrogen-bond donors (Lipinski definition) is 1. The van der Waals surface area contributed by atoms with E-state index >= 15 is 0 Å². The molecule has 1 N–H and O–H groups in total. The van der Waals surface area contributed by atoms with Crippen LogP contribution in [0.15, 0.2) is 35.9 Å². The lowest BCUT2D eigenvalue weighted by atomic mass is 10.1. The topological polar surface area (TPSA) is 12.0 Å². The molecule has 0 spiro atoms. The monoisotopic (exact) mass is 247 g/mol. The molecule has 0 aromatic heterocycles. The van der Waals surface area contributed by atoms with E-state index in [1.807, 2.05) is 12.1 Å². The summed E-state index contributed by atoms with van der Waals surface area (Å²) in [6.45, 7) is 3.24. The summed E-state index contributed by atoms with van der Waals surface area (Å²) >= 11 is 0. The van der Waals surface area contributed by atoms with Crippen LogP contribution in [0.25, 0.3) is 0 Å². The van der Waals surface area contributed by atoms with E-state index < -0.39 is 0 Å². The Balaban J connectivity index is 1.68. The number of halogens is 1. The Morgan fingerprint density at radius 1 is 1.28 bits per heavy atom. The second-order valence-electron chi connectivity index (χ2n) is 5.19. The molecule has 0 aliphatic heterocycles. The zero-order chi connectivity index (χ0) is 12.8. The Morgan fingerprint density at radius 2 is 2.06 bits per heavy atom. The molecular formula is C16H22FN. The Labute approximate surface area is 109 Å². The molecule has 0 heterocycles. The van der Waals surface area contributed by atoms with Gasteiger partial charge in [0, 0.05) is 6.04 Å². The summed E-state index contributed by atoms with van der Waals surface area (Å²) in [5.74, 6) is -0.160. The van der Waals surface area contributed by atoms with Crippen molar-refractivity contribution in [3.8, 4) is 0 Å². The Kier molecular flexibility index (Phi) is 4.94. The quantitative estimate of drug-likeness (QED) is 0.753. The molecule has 1 aromatic rings. The van der Waals surface area contributed by atoms with E-state index in [9.17, 15) is 4.39 Å². The predicted molar refractivity (Wildman–Crippen MR) is 74.1 cm³/mol. The van der Waals surface area contributed by atoms with Gasteiger partial charge in [-0.3, -0.25) is 0 Å². The lowest BCUT2D eigenvalue weighted by Crippen LogP contribution is -2.29. The predicted octanol–water partition coefficient (Wildman–Crippen LogP) is 3.85. The van der Waals surface area contributed by atoms with Gasteiger partial charge in [-0.05, 0) is 63.3 Å². The normalized spacial score (nSPS) is 16.7. The second-order valence-corrected chi connectivity index (χ2v) is 5.19. The van der Waals surface area contributed by atoms with Gasteiger partial charge < -0.3 is 5.32 Å². The minimum atomic E-state index is -0.160. The minimum Gasteiger partial charge on any atom is -0.314 e. The molecule has 0 amide bonds. The zero-order valence-corrected chi connectivity index (χ0v) is 11.1. The van der Waals surface area contributed by atoms with Crippen LogP contribution in [0, 0.1) is 5.82 Å². The van der Waals surface area contributed by atoms with Crippen LogP contribution < -0.4 is 5.32 Å². The average molecular weight is 247 g/mol. The van der Waals surface area contributed by atoms with Crippen molar-refractivity contribution in [1.82, 2.24) is 5.32 Å². The first kappa shape index (κ1) is 13.3. The molecule has 1 aliphatic carbocycles. The molecule has 0 fully saturated rings. The molecule has 2 rings (SSSR count). The van der Waals surface area contributed by atoms with Gasteiger partial charge in [-0.15, -0.1) is 0 Å². The maximum absolute atomic E-state index is 12.8. The molecule has 1 unspecified atom stereocenters. The van der Waals surface area contributed by atoms with Gasteiger partial charge in [-0.25, -0.2) is 4.39 Å². The molecule has 1 nitrogen and oxygen atoms in total. The van der Waals surface area contributed by atoms with Crippen LogP contribution in [0.4, 0.5) is 4.39 Å². The lowest BCUT2D eigenvalue weighted by molar-refractivity contribution is 0.545. The number of hydrogen-bond acceptors (Lipinski definition) is 1. The maximum Gasteiger partial charge on any atom is 0.123 e. The number of rotatable bonds is 6. The van der Waals surface area contributed by atoms with Crippen LogP contribution in [0.2, 0.25) is 0 Å². The van der Waals surface area contributed by atoms with E-state index in [-0.39, 0.29) is 5.82 Å². The molecule has 0 radical (unpaired) electrons. The Morgan fingerprint density at radius 3 is 2.72 bits per heavy atom. The maximum atomic E-state index is 12.8. The summed E-state index contributed by atoms with van der Waals surface area (Å²) in [4.78, 5) is 0. The zero-order valence-electron chi connectivity index (χ0n) is 11.1. The van der Waals surface area contributed by atoms with E-state index in [2.05, 4.69) is 18.3 Å². The fraction of sp³-hybridized carbons (Fsp3) is 0.500. The third kappa shape index (κ3) is 4.26. The largest absolute Gasteiger partial charge is 0.314 e. The summed E-state index contributed by atoms with van der Waals surface area (Å²) in [6.07, 6.45) is 8.40. The van der Waals surface area contributed by atoms with Crippen LogP contribution in [-0.4, -0.2) is 12.6 Å². The SMILES string of the molecule is CC(Cc1ccc(F)cc1)NCCC1=CCCC1. The fourth-order valence-electron chi connectivity index (χ4n) is 2.49. The molecule has 1 aromatic carbocycles. The van der Waals surface area contributed by atoms with E-state index in [0.717, 1.165) is 13.0 Å². The third-order valence-corrected chi connectivity index (χ3v) is 3.53. The van der Waals surface area contributed by atoms with Crippen molar-refractivity contribution < 1.29 is 4.39 Å². The first-order chi connectivity index (χ1) is 8.74. The van der Waals surface area contributed by atoms with Crippen LogP contribution in [0.5, 0.6) is 0 Å². The Bertz CT molecular complexity index is 394. The molecule has 98 valence electrons. The minimum absolute atomic E-state index is 0.160. The van der Waals surface area contributed by atoms with Crippen LogP contribution in [0.1, 0.15) is 38.2 Å². The van der Waals surface area contributed by atoms with Gasteiger partial charge in [0.1, 0.15) is 5.82 Å². The van der Waals surface area contributed by atoms with Crippen molar-refractivity contribution in [2.24, 2.45) is 0 Å². The van der Waals surface area contributed by atoms with Gasteiger partial charge in [0.25, 0.3) is 0 Å². The molecule has 18 heavy (non-hydrogen) atoms. The van der Waals surface area contributed by atoms with E-state index in [0.29, 0.717) is 6.04 Å². The van der Waals surface area contributed by atoms with Crippen molar-refractivity contribution in [1.29, 1.82) is 0 Å². The van der Waals surface area contributed by atoms with Crippen LogP contribution in [-0.2, 0) is 6.42 Å². The molecule has 0 bridgehead atoms. The smallest absolute Gasteiger partial charge is 0.123 e. The molecule has 0 saturated heterocycles. The van der Waals surface area contributed by atoms with Gasteiger partial charge in [-0.2, -0.15) is 0 Å². The number of benzene rings is 1. The highest BCUT2D eigenvalue weighted by Gasteiger charge is 2.06. The number of allylic oxidation sites excluding steroid dienone is 1. The average Bonchev–Trinajstić information content (AvgIpc) is 2.85. The molecule has 1 aliphatic rings. The van der Waals surface area contributed by atoms with E-state index in [1.54, 1.807) is 5.57 Å². The Hall–Kier alpha value is -1.15. The summed E-state index contributed by atoms with van der Waals surface area (Å²) in [7, 11) is 0. The van der Waals surface area contributed by atoms with E-state index in [4.69, 9.17) is 0 Å². The molecular weight excluding hydrogens is 225 g/mol. The van der Waals surface area contributed by atoms with Gasteiger partial charge in [0.2, 0.25) is 0 Å². The highest BCUT2D eigenvalue weighted by atomic mass is 19.1. The molecule has 1 atom stereocenters. The van der Waals surface area contributed by atoms with Gasteiger partial charge in [-0.1, -0.05) is 23.8 Å². The summed E-state index contributed by atoms with van der Waals surface area (Å²) in [6, 6.07) is 7.24. The van der Waals surface area contributed by atoms with Gasteiger partial charge >= 0.3 is 0 Å². The fourth-order valence-corrected chi connectivity index (χ4v) is 2.49. The van der Waals surface area contributed by atoms with Crippen LogP contribution >= 0.6 is 0 Å². The second kappa shape index (κ2) is 6.69. The van der Waals surface area contributed by atoms with Gasteiger partial charge in [0.05, 0.1) is 0 Å². The van der Waals surface area contributed by atoms with Crippen molar-refractivity contribution in [2.45, 2.75) is 45.1 Å². The van der Waals surface area contributed by atoms with Gasteiger partial charge in [0.15, 0.2) is 0 Å². The van der Waals surface area contributed by atoms with Crippen molar-refractivity contribution in [2.75, 3.05) is 6.54 Å². The molecule has 0 saturated carbocycles. The molecule has 2 heteroatoms. The summed E-state index contributed by atoms with van der Waals surface area (Å²) < 4.78 is 12.8. The van der Waals surface area contributed by atoms with Crippen LogP contribution in [0.3, 0.4) is 0 Å². The first-order valence-corrected chi connectivity index (χ1v) is 6.90. The first-order valence-electron chi connectivity index (χ1n) is 6.90. The lowest BCUT2D eigenvalue weighted by Gasteiger charge is -2.14. The van der Waals surface area contributed by atoms with Crippen molar-refractivity contribution in [3.63, 3.8) is 0 Å². The van der Waals surface area contributed by atoms with Crippen molar-refractivity contribution >= 4 is 0 Å². The highest BCUT2D eigenvalue weighted by molar-refractivity contribution is 5.17. The third-order valence-electron chi connectivity index (χ3n) is 3.53. The van der Waals surface area contributed by atoms with E-state index in [1.165, 1.54) is 43.4 Å². The highest BCUT2D eigenvalue weighted by Crippen LogP contribution is 2.19. The summed E-state index contributed by atoms with van der Waals surface area (Å²) in [5.41, 5.74) is 2.80. The van der Waals surface area contributed by atoms with Crippen molar-refractivity contribution in [3.05, 3.63) is 47.3 Å². The number of nitrogens with one attached hydrogen (secondary N) is 1. The summed E-state index contributed by atoms with van der Waals surface area (Å²) in [5, 5.41) is 3.54. The standard InChI is InChI=1S/C16H22FN/c1-13(12-15-6-8-16(17)9-7-15)18-11-10-14-4-2-3-5-14/h4,6-9,13,18H,2-3,5,10-12H2,1H3.